The molecule has 3 nitrogen and oxygen atoms in total. The predicted molar refractivity (Wildman–Crippen MR) is 65.4 cm³/mol. The molecule has 86 valence electrons. The normalized spacial score (nSPS) is 11.4. The number of imidazole rings is 1. The lowest BCUT2D eigenvalue weighted by Crippen LogP contribution is -2.04. The van der Waals surface area contributed by atoms with Crippen molar-refractivity contribution < 1.29 is 4.39 Å². The molecule has 4 heteroatoms. The second-order valence-electron chi connectivity index (χ2n) is 4.03. The number of pyridine rings is 1. The first-order valence-electron chi connectivity index (χ1n) is 5.54. The van der Waals surface area contributed by atoms with Gasteiger partial charge in [-0.25, -0.2) is 9.37 Å². The van der Waals surface area contributed by atoms with Gasteiger partial charge in [0.15, 0.2) is 0 Å². The van der Waals surface area contributed by atoms with Gasteiger partial charge in [0.2, 0.25) is 0 Å². The van der Waals surface area contributed by atoms with Crippen molar-refractivity contribution >= 4 is 16.4 Å². The Kier molecular flexibility index (Phi) is 2.30. The van der Waals surface area contributed by atoms with Crippen LogP contribution in [0.1, 0.15) is 5.69 Å². The van der Waals surface area contributed by atoms with Crippen LogP contribution in [0.4, 0.5) is 4.39 Å². The number of hydrogen-bond acceptors (Lipinski definition) is 2. The highest BCUT2D eigenvalue weighted by Gasteiger charge is 2.06. The van der Waals surface area contributed by atoms with E-state index in [1.54, 1.807) is 6.07 Å². The summed E-state index contributed by atoms with van der Waals surface area (Å²) in [7, 11) is 0. The van der Waals surface area contributed by atoms with E-state index in [9.17, 15) is 4.39 Å². The average Bonchev–Trinajstić information content (AvgIpc) is 2.73. The van der Waals surface area contributed by atoms with Crippen LogP contribution in [0.15, 0.2) is 36.7 Å². The minimum atomic E-state index is -0.226. The molecule has 0 aliphatic heterocycles. The zero-order valence-corrected chi connectivity index (χ0v) is 9.23. The molecule has 0 aliphatic carbocycles. The standard InChI is InChI=1S/C13H12FN3/c14-10-1-2-12-9(7-10)4-6-17-11(3-5-15)8-16-13(12)17/h1-2,4,6-8H,3,5,15H2. The van der Waals surface area contributed by atoms with Gasteiger partial charge in [-0.05, 0) is 36.2 Å². The van der Waals surface area contributed by atoms with Gasteiger partial charge in [-0.1, -0.05) is 0 Å². The summed E-state index contributed by atoms with van der Waals surface area (Å²) >= 11 is 0. The van der Waals surface area contributed by atoms with Gasteiger partial charge < -0.3 is 10.1 Å². The molecule has 0 amide bonds. The first-order chi connectivity index (χ1) is 8.29. The van der Waals surface area contributed by atoms with Crippen LogP contribution in [0.2, 0.25) is 0 Å². The molecule has 2 aromatic heterocycles. The van der Waals surface area contributed by atoms with Crippen molar-refractivity contribution in [3.8, 4) is 0 Å². The molecular weight excluding hydrogens is 217 g/mol. The smallest absolute Gasteiger partial charge is 0.144 e. The minimum Gasteiger partial charge on any atom is -0.330 e. The molecule has 17 heavy (non-hydrogen) atoms. The number of nitrogens with zero attached hydrogens (tertiary/aromatic N) is 2. The van der Waals surface area contributed by atoms with Gasteiger partial charge in [-0.2, -0.15) is 0 Å². The second kappa shape index (κ2) is 3.82. The Morgan fingerprint density at radius 3 is 3.00 bits per heavy atom. The van der Waals surface area contributed by atoms with E-state index >= 15 is 0 Å². The third-order valence-corrected chi connectivity index (χ3v) is 2.93. The van der Waals surface area contributed by atoms with Crippen LogP contribution >= 0.6 is 0 Å². The van der Waals surface area contributed by atoms with E-state index in [0.29, 0.717) is 6.54 Å². The lowest BCUT2D eigenvalue weighted by atomic mass is 10.1. The third kappa shape index (κ3) is 1.57. The van der Waals surface area contributed by atoms with Crippen LogP contribution < -0.4 is 5.73 Å². The van der Waals surface area contributed by atoms with Gasteiger partial charge in [0, 0.05) is 29.9 Å². The summed E-state index contributed by atoms with van der Waals surface area (Å²) in [5.74, 6) is -0.226. The molecule has 0 saturated carbocycles. The van der Waals surface area contributed by atoms with E-state index in [0.717, 1.165) is 28.5 Å². The monoisotopic (exact) mass is 229 g/mol. The maximum Gasteiger partial charge on any atom is 0.144 e. The Morgan fingerprint density at radius 2 is 2.18 bits per heavy atom. The summed E-state index contributed by atoms with van der Waals surface area (Å²) in [6.07, 6.45) is 4.52. The Hall–Kier alpha value is -1.94. The van der Waals surface area contributed by atoms with Crippen LogP contribution in [-0.2, 0) is 6.42 Å². The van der Waals surface area contributed by atoms with Gasteiger partial charge >= 0.3 is 0 Å². The zero-order chi connectivity index (χ0) is 11.8. The van der Waals surface area contributed by atoms with Crippen LogP contribution in [-0.4, -0.2) is 15.9 Å². The molecular formula is C13H12FN3. The largest absolute Gasteiger partial charge is 0.330 e. The number of nitrogens with two attached hydrogens (primary N) is 1. The van der Waals surface area contributed by atoms with Gasteiger partial charge in [0.05, 0.1) is 0 Å². The first kappa shape index (κ1) is 10.2. The Labute approximate surface area is 97.7 Å². The Balaban J connectivity index is 2.33. The van der Waals surface area contributed by atoms with Crippen LogP contribution in [0.25, 0.3) is 16.4 Å². The van der Waals surface area contributed by atoms with Gasteiger partial charge in [0.25, 0.3) is 0 Å². The highest BCUT2D eigenvalue weighted by Crippen LogP contribution is 2.21. The quantitative estimate of drug-likeness (QED) is 0.731. The molecule has 1 aromatic carbocycles. The van der Waals surface area contributed by atoms with Crippen LogP contribution in [0.3, 0.4) is 0 Å². The topological polar surface area (TPSA) is 43.3 Å². The summed E-state index contributed by atoms with van der Waals surface area (Å²) in [5, 5.41) is 1.82. The number of benzene rings is 1. The van der Waals surface area contributed by atoms with Crippen molar-refractivity contribution in [2.24, 2.45) is 5.73 Å². The van der Waals surface area contributed by atoms with Crippen molar-refractivity contribution in [1.29, 1.82) is 0 Å². The molecule has 0 saturated heterocycles. The molecule has 2 N–H and O–H groups in total. The van der Waals surface area contributed by atoms with E-state index in [4.69, 9.17) is 5.73 Å². The van der Waals surface area contributed by atoms with Crippen molar-refractivity contribution in [2.75, 3.05) is 6.54 Å². The molecule has 0 fully saturated rings. The SMILES string of the molecule is NCCc1cnc2c3ccc(F)cc3ccn12. The molecule has 0 aliphatic rings. The van der Waals surface area contributed by atoms with Crippen molar-refractivity contribution in [1.82, 2.24) is 9.38 Å². The van der Waals surface area contributed by atoms with Gasteiger partial charge in [-0.3, -0.25) is 0 Å². The van der Waals surface area contributed by atoms with Gasteiger partial charge in [-0.15, -0.1) is 0 Å². The second-order valence-corrected chi connectivity index (χ2v) is 4.03. The van der Waals surface area contributed by atoms with Crippen molar-refractivity contribution in [3.63, 3.8) is 0 Å². The first-order valence-corrected chi connectivity index (χ1v) is 5.54. The lowest BCUT2D eigenvalue weighted by Gasteiger charge is -2.03. The maximum atomic E-state index is 13.1. The maximum absolute atomic E-state index is 13.1. The Bertz CT molecular complexity index is 688. The summed E-state index contributed by atoms with van der Waals surface area (Å²) in [5.41, 5.74) is 7.48. The molecule has 0 atom stereocenters. The fraction of sp³-hybridized carbons (Fsp3) is 0.154. The van der Waals surface area contributed by atoms with Crippen LogP contribution in [0.5, 0.6) is 0 Å². The highest BCUT2D eigenvalue weighted by atomic mass is 19.1. The number of halogens is 1. The zero-order valence-electron chi connectivity index (χ0n) is 9.23. The molecule has 3 aromatic rings. The fourth-order valence-corrected chi connectivity index (χ4v) is 2.12. The fourth-order valence-electron chi connectivity index (χ4n) is 2.12. The molecule has 0 spiro atoms. The number of rotatable bonds is 2. The average molecular weight is 229 g/mol. The summed E-state index contributed by atoms with van der Waals surface area (Å²) in [6.45, 7) is 0.593. The molecule has 2 heterocycles. The van der Waals surface area contributed by atoms with E-state index < -0.39 is 0 Å². The van der Waals surface area contributed by atoms with Gasteiger partial charge in [0.1, 0.15) is 11.5 Å². The van der Waals surface area contributed by atoms with E-state index in [2.05, 4.69) is 4.98 Å². The van der Waals surface area contributed by atoms with E-state index in [-0.39, 0.29) is 5.82 Å². The predicted octanol–water partition coefficient (Wildman–Crippen LogP) is 2.13. The highest BCUT2D eigenvalue weighted by molar-refractivity contribution is 5.93. The summed E-state index contributed by atoms with van der Waals surface area (Å²) < 4.78 is 15.1. The van der Waals surface area contributed by atoms with Crippen molar-refractivity contribution in [3.05, 3.63) is 48.2 Å². The Morgan fingerprint density at radius 1 is 1.29 bits per heavy atom. The molecule has 0 radical (unpaired) electrons. The summed E-state index contributed by atoms with van der Waals surface area (Å²) in [4.78, 5) is 4.38. The molecule has 0 bridgehead atoms. The molecule has 0 unspecified atom stereocenters. The number of fused-ring (bicyclic) bond motifs is 3. The van der Waals surface area contributed by atoms with Crippen LogP contribution in [0, 0.1) is 5.82 Å². The lowest BCUT2D eigenvalue weighted by molar-refractivity contribution is 0.630. The number of aromatic nitrogens is 2. The molecule has 3 rings (SSSR count). The van der Waals surface area contributed by atoms with E-state index in [1.165, 1.54) is 12.1 Å². The minimum absolute atomic E-state index is 0.226. The van der Waals surface area contributed by atoms with E-state index in [1.807, 2.05) is 22.9 Å². The third-order valence-electron chi connectivity index (χ3n) is 2.93. The number of hydrogen-bond donors (Lipinski definition) is 1. The van der Waals surface area contributed by atoms with Crippen molar-refractivity contribution in [2.45, 2.75) is 6.42 Å². The summed E-state index contributed by atoms with van der Waals surface area (Å²) in [6, 6.07) is 6.64.